The largest absolute Gasteiger partial charge is 0.497 e. The number of primary amides is 2. The first-order valence-corrected chi connectivity index (χ1v) is 33.6. The van der Waals surface area contributed by atoms with Crippen LogP contribution in [0.5, 0.6) is 34.5 Å². The van der Waals surface area contributed by atoms with E-state index >= 15 is 9.59 Å². The predicted molar refractivity (Wildman–Crippen MR) is 406 cm³/mol. The molecule has 16 aromatic carbocycles. The zero-order valence-corrected chi connectivity index (χ0v) is 55.8. The Morgan fingerprint density at radius 1 is 0.324 bits per heavy atom. The summed E-state index contributed by atoms with van der Waals surface area (Å²) in [6.45, 7) is 0. The van der Waals surface area contributed by atoms with Crippen LogP contribution < -0.4 is 66.5 Å². The van der Waals surface area contributed by atoms with Crippen LogP contribution in [-0.2, 0) is 11.1 Å². The molecule has 0 unspecified atom stereocenters. The molecule has 19 heteroatoms. The van der Waals surface area contributed by atoms with Crippen molar-refractivity contribution in [2.24, 2.45) is 11.5 Å². The van der Waals surface area contributed by atoms with Crippen LogP contribution in [0.4, 0.5) is 41.9 Å². The van der Waals surface area contributed by atoms with E-state index in [9.17, 15) is 19.2 Å². The second kappa shape index (κ2) is 24.1. The van der Waals surface area contributed by atoms with E-state index in [1.807, 2.05) is 170 Å². The molecule has 19 nitrogen and oxygen atoms in total. The van der Waals surface area contributed by atoms with Crippen molar-refractivity contribution in [3.8, 4) is 34.5 Å². The molecule has 0 aliphatic carbocycles. The van der Waals surface area contributed by atoms with Crippen LogP contribution in [0.1, 0.15) is 54.1 Å². The number of carbonyl (C=O) groups excluding carboxylic acids is 6. The van der Waals surface area contributed by atoms with Gasteiger partial charge in [0.25, 0.3) is 11.8 Å². The normalized spacial score (nSPS) is 13.1. The minimum absolute atomic E-state index is 0.0263. The number of hydrogen-bond donors (Lipinski definition) is 7. The van der Waals surface area contributed by atoms with Gasteiger partial charge in [-0.05, 0) is 161 Å². The van der Waals surface area contributed by atoms with E-state index in [-0.39, 0.29) is 44.9 Å². The summed E-state index contributed by atoms with van der Waals surface area (Å²) < 4.78 is 35.8. The molecule has 0 fully saturated rings. The molecular formula is C86H57N7O12. The summed E-state index contributed by atoms with van der Waals surface area (Å²) in [5.41, 5.74) is 16.1. The highest BCUT2D eigenvalue weighted by atomic mass is 16.6. The van der Waals surface area contributed by atoms with Crippen LogP contribution in [0, 0.1) is 0 Å². The number of amides is 6. The van der Waals surface area contributed by atoms with Crippen LogP contribution in [-0.4, -0.2) is 50.4 Å². The maximum Gasteiger partial charge on any atom is 0.417 e. The van der Waals surface area contributed by atoms with Gasteiger partial charge in [-0.15, -0.1) is 0 Å². The van der Waals surface area contributed by atoms with Crippen molar-refractivity contribution < 1.29 is 57.2 Å². The molecule has 2 heterocycles. The number of carbonyl (C=O) groups is 6. The Morgan fingerprint density at radius 3 is 1.00 bits per heavy atom. The second-order valence-corrected chi connectivity index (χ2v) is 25.7. The molecule has 2 aliphatic rings. The lowest BCUT2D eigenvalue weighted by molar-refractivity contribution is 0.0850. The zero-order chi connectivity index (χ0) is 71.6. The molecule has 0 atom stereocenters. The Bertz CT molecular complexity index is 5900. The van der Waals surface area contributed by atoms with E-state index in [1.54, 1.807) is 99.1 Å². The van der Waals surface area contributed by atoms with Crippen molar-refractivity contribution in [3.63, 3.8) is 0 Å². The Labute approximate surface area is 596 Å². The van der Waals surface area contributed by atoms with Gasteiger partial charge >= 0.3 is 24.4 Å². The number of benzene rings is 16. The number of hydrogen-bond acceptors (Lipinski definition) is 14. The molecule has 0 bridgehead atoms. The Morgan fingerprint density at radius 2 is 0.657 bits per heavy atom. The van der Waals surface area contributed by atoms with Crippen molar-refractivity contribution in [2.75, 3.05) is 35.5 Å². The quantitative estimate of drug-likeness (QED) is 0.0303. The molecule has 0 spiro atoms. The summed E-state index contributed by atoms with van der Waals surface area (Å²) in [7, 11) is 3.10. The first-order chi connectivity index (χ1) is 51.3. The fourth-order valence-corrected chi connectivity index (χ4v) is 16.1. The third-order valence-electron chi connectivity index (χ3n) is 20.3. The Kier molecular flexibility index (Phi) is 14.4. The van der Waals surface area contributed by atoms with Crippen LogP contribution in [0.3, 0.4) is 0 Å². The van der Waals surface area contributed by atoms with Gasteiger partial charge < -0.3 is 50.5 Å². The third kappa shape index (κ3) is 9.59. The van der Waals surface area contributed by atoms with E-state index < -0.39 is 47.3 Å². The van der Waals surface area contributed by atoms with Crippen LogP contribution >= 0.6 is 0 Å². The predicted octanol–water partition coefficient (Wildman–Crippen LogP) is 17.9. The number of nitrogens with one attached hydrogen (secondary N) is 5. The SMILES string of the molecule is COc1ccc(NC(=O)Oc2c3c(c4c5cccc6c(C(=O)NC(=O)c7ccc8c9ccc(OC(N)=O)c%10c(OC(=O)Nc%11ccc(OC)cc%11)c%11c(c(c%12cccc7c8%12)c%109)NC%11(c7ccccc7)c7ccccc7)ccc(c7ccc(OC(N)=O)c2c74)c65)NC3(c2ccccc2)c2ccccc2)cc1. The van der Waals surface area contributed by atoms with E-state index in [0.717, 1.165) is 22.3 Å². The lowest BCUT2D eigenvalue weighted by Crippen LogP contribution is -2.47. The van der Waals surface area contributed by atoms with Gasteiger partial charge in [0.15, 0.2) is 11.5 Å². The van der Waals surface area contributed by atoms with Gasteiger partial charge in [0, 0.05) is 44.0 Å². The smallest absolute Gasteiger partial charge is 0.417 e. The number of fused-ring (bicyclic) bond motifs is 8. The first kappa shape index (κ1) is 62.8. The lowest BCUT2D eigenvalue weighted by Gasteiger charge is -2.48. The molecule has 0 saturated carbocycles. The molecule has 0 radical (unpaired) electrons. The molecule has 16 aromatic rings. The number of ether oxygens (including phenoxy) is 6. The number of rotatable bonds is 14. The van der Waals surface area contributed by atoms with Gasteiger partial charge in [-0.3, -0.25) is 25.5 Å². The minimum Gasteiger partial charge on any atom is -0.497 e. The topological polar surface area (TPSA) is 270 Å². The standard InChI is InChI=1S/C86H57N7O12/c1-100-51-33-29-49(30-34-51)89-83(98)104-77-71-63(102-81(87)96)43-41-57-55-37-39-59(53-25-15-27-61(65(53)55)69(67(57)71)75-73(77)85(92-75,45-17-7-3-8-18-45)46-19-9-4-10-20-46)79(94)91-80(95)60-40-38-56-58-42-44-64(103-82(88)97)72-68(58)70(62-28-16-26-54(60)66(56)62)76-74(78(72)105-84(99)90-50-31-35-52(101-2)36-32-50)86(93-76,47-21-11-5-12-22-47)48-23-13-6-14-24-48/h3-44,92-93H,1-2H3,(H2,87,96)(H2,88,97)(H,89,98)(H,90,99)(H,91,94,95). The lowest BCUT2D eigenvalue weighted by atomic mass is 9.68. The van der Waals surface area contributed by atoms with Crippen molar-refractivity contribution in [2.45, 2.75) is 11.1 Å². The summed E-state index contributed by atoms with van der Waals surface area (Å²) in [6.07, 6.45) is -3.87. The van der Waals surface area contributed by atoms with Crippen molar-refractivity contribution in [1.82, 2.24) is 5.32 Å². The summed E-state index contributed by atoms with van der Waals surface area (Å²) in [5.74, 6) is 0.0479. The van der Waals surface area contributed by atoms with Crippen molar-refractivity contribution in [3.05, 3.63) is 299 Å². The molecule has 105 heavy (non-hydrogen) atoms. The number of nitrogens with two attached hydrogens (primary N) is 2. The molecule has 9 N–H and O–H groups in total. The molecule has 18 rings (SSSR count). The van der Waals surface area contributed by atoms with Gasteiger partial charge in [-0.1, -0.05) is 170 Å². The van der Waals surface area contributed by atoms with Gasteiger partial charge in [-0.2, -0.15) is 0 Å². The van der Waals surface area contributed by atoms with Crippen LogP contribution in [0.2, 0.25) is 0 Å². The van der Waals surface area contributed by atoms with Crippen LogP contribution in [0.15, 0.2) is 255 Å². The number of methoxy groups -OCH3 is 2. The fourth-order valence-electron chi connectivity index (χ4n) is 16.1. The highest BCUT2D eigenvalue weighted by molar-refractivity contribution is 6.41. The molecule has 0 saturated heterocycles. The minimum atomic E-state index is -1.18. The van der Waals surface area contributed by atoms with Crippen molar-refractivity contribution >= 4 is 145 Å². The van der Waals surface area contributed by atoms with E-state index in [1.165, 1.54) is 0 Å². The molecule has 508 valence electrons. The van der Waals surface area contributed by atoms with E-state index in [0.29, 0.717) is 121 Å². The van der Waals surface area contributed by atoms with Gasteiger partial charge in [0.2, 0.25) is 0 Å². The monoisotopic (exact) mass is 1380 g/mol. The summed E-state index contributed by atoms with van der Waals surface area (Å²) in [5, 5.41) is 25.8. The molecule has 2 aliphatic heterocycles. The average Bonchev–Trinajstić information content (AvgIpc) is 0.671. The summed E-state index contributed by atoms with van der Waals surface area (Å²) in [6, 6.07) is 77.5. The summed E-state index contributed by atoms with van der Waals surface area (Å²) >= 11 is 0. The first-order valence-electron chi connectivity index (χ1n) is 33.6. The maximum atomic E-state index is 15.4. The van der Waals surface area contributed by atoms with Gasteiger partial charge in [0.1, 0.15) is 34.1 Å². The average molecular weight is 1380 g/mol. The highest BCUT2D eigenvalue weighted by Crippen LogP contribution is 2.65. The van der Waals surface area contributed by atoms with Gasteiger partial charge in [0.05, 0.1) is 47.5 Å². The molecule has 6 amide bonds. The van der Waals surface area contributed by atoms with Crippen molar-refractivity contribution in [1.29, 1.82) is 0 Å². The summed E-state index contributed by atoms with van der Waals surface area (Å²) in [4.78, 5) is 86.1. The molecule has 0 aromatic heterocycles. The Hall–Kier alpha value is -14.5. The second-order valence-electron chi connectivity index (χ2n) is 25.7. The maximum absolute atomic E-state index is 15.4. The highest BCUT2D eigenvalue weighted by Gasteiger charge is 2.53. The molecular weight excluding hydrogens is 1320 g/mol. The van der Waals surface area contributed by atoms with E-state index in [2.05, 4.69) is 26.6 Å². The third-order valence-corrected chi connectivity index (χ3v) is 20.3. The number of anilines is 4. The fraction of sp³-hybridized carbons (Fsp3) is 0.0465. The van der Waals surface area contributed by atoms with E-state index in [4.69, 9.17) is 39.9 Å². The number of imide groups is 1. The van der Waals surface area contributed by atoms with Crippen LogP contribution in [0.25, 0.3) is 86.2 Å². The Balaban J connectivity index is 0.797. The van der Waals surface area contributed by atoms with Gasteiger partial charge in [-0.25, -0.2) is 19.2 Å². The zero-order valence-electron chi connectivity index (χ0n) is 55.8.